The first kappa shape index (κ1) is 8.97. The van der Waals surface area contributed by atoms with Gasteiger partial charge in [-0.1, -0.05) is 6.07 Å². The van der Waals surface area contributed by atoms with Gasteiger partial charge >= 0.3 is 0 Å². The molecule has 2 heterocycles. The Morgan fingerprint density at radius 3 is 3.08 bits per heavy atom. The standard InChI is InChI=1S/C10H12ClNO/c11-10(9-5-3-7-13-9)8-4-1-2-6-12-8/h1-2,4,6,9-10H,3,5,7H2/t9-,10?/m1/s1. The molecule has 1 unspecified atom stereocenters. The van der Waals surface area contributed by atoms with Gasteiger partial charge in [-0.15, -0.1) is 11.6 Å². The number of halogens is 1. The fourth-order valence-corrected chi connectivity index (χ4v) is 1.89. The van der Waals surface area contributed by atoms with Gasteiger partial charge in [-0.05, 0) is 25.0 Å². The molecule has 70 valence electrons. The quantitative estimate of drug-likeness (QED) is 0.680. The van der Waals surface area contributed by atoms with E-state index in [1.807, 2.05) is 18.2 Å². The Morgan fingerprint density at radius 1 is 1.54 bits per heavy atom. The van der Waals surface area contributed by atoms with Gasteiger partial charge in [0, 0.05) is 12.8 Å². The molecule has 1 fully saturated rings. The summed E-state index contributed by atoms with van der Waals surface area (Å²) in [5.41, 5.74) is 0.913. The lowest BCUT2D eigenvalue weighted by Gasteiger charge is -2.15. The van der Waals surface area contributed by atoms with E-state index in [0.717, 1.165) is 25.1 Å². The van der Waals surface area contributed by atoms with Crippen molar-refractivity contribution in [3.63, 3.8) is 0 Å². The number of rotatable bonds is 2. The molecule has 1 aromatic rings. The zero-order valence-corrected chi connectivity index (χ0v) is 8.07. The molecule has 13 heavy (non-hydrogen) atoms. The molecule has 0 aromatic carbocycles. The summed E-state index contributed by atoms with van der Waals surface area (Å²) in [6.45, 7) is 0.834. The van der Waals surface area contributed by atoms with Crippen LogP contribution in [0.25, 0.3) is 0 Å². The highest BCUT2D eigenvalue weighted by molar-refractivity contribution is 6.21. The van der Waals surface area contributed by atoms with Crippen LogP contribution < -0.4 is 0 Å². The number of alkyl halides is 1. The summed E-state index contributed by atoms with van der Waals surface area (Å²) < 4.78 is 5.50. The first-order chi connectivity index (χ1) is 6.38. The van der Waals surface area contributed by atoms with Crippen molar-refractivity contribution in [1.82, 2.24) is 4.98 Å². The largest absolute Gasteiger partial charge is 0.376 e. The SMILES string of the molecule is ClC(c1ccccn1)[C@H]1CCCO1. The molecule has 1 aliphatic rings. The van der Waals surface area contributed by atoms with Crippen LogP contribution in [0.5, 0.6) is 0 Å². The Balaban J connectivity index is 2.08. The van der Waals surface area contributed by atoms with Crippen molar-refractivity contribution in [2.75, 3.05) is 6.61 Å². The Morgan fingerprint density at radius 2 is 2.46 bits per heavy atom. The highest BCUT2D eigenvalue weighted by atomic mass is 35.5. The predicted octanol–water partition coefficient (Wildman–Crippen LogP) is 2.54. The summed E-state index contributed by atoms with van der Waals surface area (Å²) in [5.74, 6) is 0. The van der Waals surface area contributed by atoms with Gasteiger partial charge in [-0.3, -0.25) is 4.98 Å². The van der Waals surface area contributed by atoms with E-state index in [4.69, 9.17) is 16.3 Å². The van der Waals surface area contributed by atoms with E-state index in [-0.39, 0.29) is 11.5 Å². The third kappa shape index (κ3) is 2.01. The second-order valence-electron chi connectivity index (χ2n) is 3.21. The van der Waals surface area contributed by atoms with Crippen molar-refractivity contribution >= 4 is 11.6 Å². The molecular formula is C10H12ClNO. The van der Waals surface area contributed by atoms with E-state index >= 15 is 0 Å². The van der Waals surface area contributed by atoms with E-state index in [1.54, 1.807) is 6.20 Å². The fourth-order valence-electron chi connectivity index (χ4n) is 1.56. The van der Waals surface area contributed by atoms with Crippen molar-refractivity contribution in [2.24, 2.45) is 0 Å². The molecule has 3 heteroatoms. The molecule has 2 nitrogen and oxygen atoms in total. The Bertz CT molecular complexity index is 259. The van der Waals surface area contributed by atoms with Crippen LogP contribution in [-0.2, 0) is 4.74 Å². The van der Waals surface area contributed by atoms with Gasteiger partial charge in [0.1, 0.15) is 5.38 Å². The number of hydrogen-bond donors (Lipinski definition) is 0. The smallest absolute Gasteiger partial charge is 0.102 e. The van der Waals surface area contributed by atoms with E-state index in [0.29, 0.717) is 0 Å². The van der Waals surface area contributed by atoms with Crippen molar-refractivity contribution in [3.05, 3.63) is 30.1 Å². The summed E-state index contributed by atoms with van der Waals surface area (Å²) in [6, 6.07) is 5.79. The maximum absolute atomic E-state index is 6.22. The molecule has 1 aliphatic heterocycles. The van der Waals surface area contributed by atoms with Gasteiger partial charge in [0.05, 0.1) is 11.8 Å². The maximum atomic E-state index is 6.22. The van der Waals surface area contributed by atoms with Crippen molar-refractivity contribution in [2.45, 2.75) is 24.3 Å². The van der Waals surface area contributed by atoms with E-state index < -0.39 is 0 Å². The molecule has 2 rings (SSSR count). The molecule has 0 aliphatic carbocycles. The molecule has 0 radical (unpaired) electrons. The number of hydrogen-bond acceptors (Lipinski definition) is 2. The molecule has 0 spiro atoms. The van der Waals surface area contributed by atoms with Gasteiger partial charge < -0.3 is 4.74 Å². The Hall–Kier alpha value is -0.600. The lowest BCUT2D eigenvalue weighted by molar-refractivity contribution is 0.106. The van der Waals surface area contributed by atoms with E-state index in [2.05, 4.69) is 4.98 Å². The number of nitrogens with zero attached hydrogens (tertiary/aromatic N) is 1. The van der Waals surface area contributed by atoms with Crippen molar-refractivity contribution in [1.29, 1.82) is 0 Å². The van der Waals surface area contributed by atoms with Crippen molar-refractivity contribution < 1.29 is 4.74 Å². The summed E-state index contributed by atoms with van der Waals surface area (Å²) >= 11 is 6.22. The lowest BCUT2D eigenvalue weighted by atomic mass is 10.1. The minimum Gasteiger partial charge on any atom is -0.376 e. The van der Waals surface area contributed by atoms with Crippen LogP contribution in [0.2, 0.25) is 0 Å². The van der Waals surface area contributed by atoms with Crippen LogP contribution in [0.15, 0.2) is 24.4 Å². The van der Waals surface area contributed by atoms with Crippen molar-refractivity contribution in [3.8, 4) is 0 Å². The van der Waals surface area contributed by atoms with Crippen LogP contribution >= 0.6 is 11.6 Å². The lowest BCUT2D eigenvalue weighted by Crippen LogP contribution is -2.13. The number of pyridine rings is 1. The van der Waals surface area contributed by atoms with Gasteiger partial charge in [0.15, 0.2) is 0 Å². The average Bonchev–Trinajstić information content (AvgIpc) is 2.71. The summed E-state index contributed by atoms with van der Waals surface area (Å²) in [6.07, 6.45) is 4.07. The first-order valence-electron chi connectivity index (χ1n) is 4.54. The molecule has 1 aromatic heterocycles. The molecule has 0 N–H and O–H groups in total. The number of aromatic nitrogens is 1. The minimum absolute atomic E-state index is 0.0938. The van der Waals surface area contributed by atoms with Gasteiger partial charge in [-0.25, -0.2) is 0 Å². The highest BCUT2D eigenvalue weighted by Crippen LogP contribution is 2.30. The second-order valence-corrected chi connectivity index (χ2v) is 3.68. The zero-order chi connectivity index (χ0) is 9.10. The molecule has 1 saturated heterocycles. The van der Waals surface area contributed by atoms with Gasteiger partial charge in [0.25, 0.3) is 0 Å². The topological polar surface area (TPSA) is 22.1 Å². The van der Waals surface area contributed by atoms with Crippen LogP contribution in [0.3, 0.4) is 0 Å². The molecule has 0 bridgehead atoms. The Labute approximate surface area is 82.9 Å². The zero-order valence-electron chi connectivity index (χ0n) is 7.32. The predicted molar refractivity (Wildman–Crippen MR) is 51.8 cm³/mol. The van der Waals surface area contributed by atoms with E-state index in [9.17, 15) is 0 Å². The van der Waals surface area contributed by atoms with Gasteiger partial charge in [0.2, 0.25) is 0 Å². The normalized spacial score (nSPS) is 24.5. The summed E-state index contributed by atoms with van der Waals surface area (Å²) in [4.78, 5) is 4.21. The van der Waals surface area contributed by atoms with Crippen LogP contribution in [-0.4, -0.2) is 17.7 Å². The fraction of sp³-hybridized carbons (Fsp3) is 0.500. The van der Waals surface area contributed by atoms with E-state index in [1.165, 1.54) is 0 Å². The molecule has 0 amide bonds. The summed E-state index contributed by atoms with van der Waals surface area (Å²) in [5, 5.41) is -0.0938. The number of ether oxygens (including phenoxy) is 1. The third-order valence-electron chi connectivity index (χ3n) is 2.26. The molecule has 0 saturated carbocycles. The van der Waals surface area contributed by atoms with Crippen LogP contribution in [0, 0.1) is 0 Å². The van der Waals surface area contributed by atoms with Crippen LogP contribution in [0.4, 0.5) is 0 Å². The van der Waals surface area contributed by atoms with Crippen LogP contribution in [0.1, 0.15) is 23.9 Å². The average molecular weight is 198 g/mol. The second kappa shape index (κ2) is 4.07. The first-order valence-corrected chi connectivity index (χ1v) is 4.98. The highest BCUT2D eigenvalue weighted by Gasteiger charge is 2.25. The molecule has 2 atom stereocenters. The van der Waals surface area contributed by atoms with Gasteiger partial charge in [-0.2, -0.15) is 0 Å². The maximum Gasteiger partial charge on any atom is 0.102 e. The monoisotopic (exact) mass is 197 g/mol. The minimum atomic E-state index is -0.0938. The molecular weight excluding hydrogens is 186 g/mol. The summed E-state index contributed by atoms with van der Waals surface area (Å²) in [7, 11) is 0. The Kier molecular flexibility index (Phi) is 2.81. The third-order valence-corrected chi connectivity index (χ3v) is 2.77.